The fraction of sp³-hybridized carbons (Fsp3) is 0. The normalized spacial score (nSPS) is 10.3. The summed E-state index contributed by atoms with van der Waals surface area (Å²) in [6.07, 6.45) is 0. The summed E-state index contributed by atoms with van der Waals surface area (Å²) in [6, 6.07) is 4.62. The van der Waals surface area contributed by atoms with Crippen LogP contribution in [0.4, 0.5) is 22.0 Å². The first kappa shape index (κ1) is 9.91. The summed E-state index contributed by atoms with van der Waals surface area (Å²) in [5, 5.41) is 9.02. The van der Waals surface area contributed by atoms with Gasteiger partial charge in [0.25, 0.3) is 0 Å². The zero-order chi connectivity index (χ0) is 10.8. The Hall–Kier alpha value is -1.63. The maximum Gasteiger partial charge on any atom is 0.248 e. The van der Waals surface area contributed by atoms with Gasteiger partial charge in [0.2, 0.25) is 11.9 Å². The molecule has 15 heavy (non-hydrogen) atoms. The number of nitrogens with two attached hydrogens (primary N) is 1. The molecule has 2 rings (SSSR count). The van der Waals surface area contributed by atoms with Gasteiger partial charge in [-0.3, -0.25) is 0 Å². The summed E-state index contributed by atoms with van der Waals surface area (Å²) in [4.78, 5) is 3.82. The lowest BCUT2D eigenvalue weighted by Crippen LogP contribution is -1.93. The molecule has 7 heteroatoms. The molecular weight excluding hydrogens is 265 g/mol. The van der Waals surface area contributed by atoms with E-state index >= 15 is 0 Å². The Morgan fingerprint density at radius 2 is 2.27 bits per heavy atom. The van der Waals surface area contributed by atoms with Gasteiger partial charge >= 0.3 is 0 Å². The molecule has 1 aromatic carbocycles. The van der Waals surface area contributed by atoms with Crippen LogP contribution in [0.2, 0.25) is 0 Å². The smallest absolute Gasteiger partial charge is 0.248 e. The van der Waals surface area contributed by atoms with Crippen LogP contribution in [-0.4, -0.2) is 15.2 Å². The number of halogens is 2. The van der Waals surface area contributed by atoms with Gasteiger partial charge in [0, 0.05) is 5.69 Å². The highest BCUT2D eigenvalue weighted by molar-refractivity contribution is 9.10. The van der Waals surface area contributed by atoms with E-state index in [2.05, 4.69) is 36.4 Å². The molecule has 0 bridgehead atoms. The SMILES string of the molecule is Nc1nc(Nc2ccc(Br)c(F)c2)n[nH]1. The molecule has 0 saturated heterocycles. The van der Waals surface area contributed by atoms with E-state index in [1.807, 2.05) is 0 Å². The van der Waals surface area contributed by atoms with Crippen molar-refractivity contribution in [1.29, 1.82) is 0 Å². The average Bonchev–Trinajstić information content (AvgIpc) is 2.58. The van der Waals surface area contributed by atoms with Crippen LogP contribution < -0.4 is 11.1 Å². The minimum atomic E-state index is -0.358. The monoisotopic (exact) mass is 271 g/mol. The van der Waals surface area contributed by atoms with Crippen molar-refractivity contribution in [2.75, 3.05) is 11.1 Å². The lowest BCUT2D eigenvalue weighted by Gasteiger charge is -2.01. The van der Waals surface area contributed by atoms with Gasteiger partial charge in [-0.25, -0.2) is 9.49 Å². The summed E-state index contributed by atoms with van der Waals surface area (Å²) in [6.45, 7) is 0. The first-order chi connectivity index (χ1) is 7.15. The Balaban J connectivity index is 2.21. The Labute approximate surface area is 93.0 Å². The molecule has 0 amide bonds. The number of nitrogens with zero attached hydrogens (tertiary/aromatic N) is 2. The Kier molecular flexibility index (Phi) is 2.55. The van der Waals surface area contributed by atoms with Crippen molar-refractivity contribution in [2.45, 2.75) is 0 Å². The van der Waals surface area contributed by atoms with E-state index in [1.54, 1.807) is 12.1 Å². The van der Waals surface area contributed by atoms with E-state index in [4.69, 9.17) is 5.73 Å². The van der Waals surface area contributed by atoms with Gasteiger partial charge in [0.05, 0.1) is 4.47 Å². The summed E-state index contributed by atoms with van der Waals surface area (Å²) in [5.74, 6) is 0.146. The predicted octanol–water partition coefficient (Wildman–Crippen LogP) is 2.03. The molecule has 0 aliphatic rings. The number of aromatic nitrogens is 3. The molecule has 1 heterocycles. The second kappa shape index (κ2) is 3.85. The molecule has 4 N–H and O–H groups in total. The van der Waals surface area contributed by atoms with E-state index in [1.165, 1.54) is 6.07 Å². The summed E-state index contributed by atoms with van der Waals surface area (Å²) < 4.78 is 13.5. The average molecular weight is 272 g/mol. The molecule has 2 aromatic rings. The van der Waals surface area contributed by atoms with Crippen LogP contribution in [0, 0.1) is 5.82 Å². The number of hydrogen-bond acceptors (Lipinski definition) is 4. The van der Waals surface area contributed by atoms with Gasteiger partial charge in [0.1, 0.15) is 5.82 Å². The first-order valence-electron chi connectivity index (χ1n) is 4.05. The molecule has 0 spiro atoms. The third-order valence-corrected chi connectivity index (χ3v) is 2.32. The van der Waals surface area contributed by atoms with Crippen LogP contribution >= 0.6 is 15.9 Å². The van der Waals surface area contributed by atoms with Crippen LogP contribution in [-0.2, 0) is 0 Å². The van der Waals surface area contributed by atoms with Crippen molar-refractivity contribution in [1.82, 2.24) is 15.2 Å². The topological polar surface area (TPSA) is 79.6 Å². The van der Waals surface area contributed by atoms with E-state index in [0.717, 1.165) is 0 Å². The minimum Gasteiger partial charge on any atom is -0.368 e. The van der Waals surface area contributed by atoms with Crippen LogP contribution in [0.1, 0.15) is 0 Å². The van der Waals surface area contributed by atoms with Crippen molar-refractivity contribution in [3.05, 3.63) is 28.5 Å². The first-order valence-corrected chi connectivity index (χ1v) is 4.84. The second-order valence-corrected chi connectivity index (χ2v) is 3.65. The molecule has 0 aliphatic carbocycles. The maximum absolute atomic E-state index is 13.1. The van der Waals surface area contributed by atoms with Gasteiger partial charge in [-0.15, -0.1) is 5.10 Å². The number of H-pyrrole nitrogens is 1. The molecule has 0 saturated carbocycles. The summed E-state index contributed by atoms with van der Waals surface area (Å²) in [5.41, 5.74) is 5.89. The number of nitrogen functional groups attached to an aromatic ring is 1. The van der Waals surface area contributed by atoms with Gasteiger partial charge in [0.15, 0.2) is 0 Å². The van der Waals surface area contributed by atoms with Crippen molar-refractivity contribution < 1.29 is 4.39 Å². The van der Waals surface area contributed by atoms with Crippen molar-refractivity contribution in [3.8, 4) is 0 Å². The summed E-state index contributed by atoms with van der Waals surface area (Å²) >= 11 is 3.06. The largest absolute Gasteiger partial charge is 0.368 e. The lowest BCUT2D eigenvalue weighted by molar-refractivity contribution is 0.622. The van der Waals surface area contributed by atoms with Crippen molar-refractivity contribution in [3.63, 3.8) is 0 Å². The highest BCUT2D eigenvalue weighted by Crippen LogP contribution is 2.21. The van der Waals surface area contributed by atoms with Gasteiger partial charge in [-0.05, 0) is 34.1 Å². The molecule has 5 nitrogen and oxygen atoms in total. The van der Waals surface area contributed by atoms with Crippen LogP contribution in [0.3, 0.4) is 0 Å². The third-order valence-electron chi connectivity index (χ3n) is 1.68. The predicted molar refractivity (Wildman–Crippen MR) is 58.2 cm³/mol. The number of benzene rings is 1. The third kappa shape index (κ3) is 2.24. The van der Waals surface area contributed by atoms with Crippen LogP contribution in [0.25, 0.3) is 0 Å². The zero-order valence-corrected chi connectivity index (χ0v) is 9.05. The minimum absolute atomic E-state index is 0.204. The van der Waals surface area contributed by atoms with Gasteiger partial charge in [-0.1, -0.05) is 0 Å². The molecule has 1 aromatic heterocycles. The number of anilines is 3. The van der Waals surface area contributed by atoms with Crippen LogP contribution in [0.5, 0.6) is 0 Å². The molecule has 0 aliphatic heterocycles. The van der Waals surface area contributed by atoms with E-state index in [0.29, 0.717) is 16.1 Å². The van der Waals surface area contributed by atoms with Crippen molar-refractivity contribution >= 4 is 33.5 Å². The van der Waals surface area contributed by atoms with Gasteiger partial charge in [-0.2, -0.15) is 4.98 Å². The molecule has 0 atom stereocenters. The van der Waals surface area contributed by atoms with Crippen LogP contribution in [0.15, 0.2) is 22.7 Å². The number of rotatable bonds is 2. The number of aromatic amines is 1. The number of hydrogen-bond donors (Lipinski definition) is 3. The molecule has 0 radical (unpaired) electrons. The van der Waals surface area contributed by atoms with E-state index in [-0.39, 0.29) is 11.8 Å². The van der Waals surface area contributed by atoms with E-state index < -0.39 is 0 Å². The molecular formula is C8H7BrFN5. The molecule has 0 fully saturated rings. The molecule has 0 unspecified atom stereocenters. The fourth-order valence-corrected chi connectivity index (χ4v) is 1.28. The van der Waals surface area contributed by atoms with Crippen molar-refractivity contribution in [2.24, 2.45) is 0 Å². The summed E-state index contributed by atoms with van der Waals surface area (Å²) in [7, 11) is 0. The number of nitrogens with one attached hydrogen (secondary N) is 2. The van der Waals surface area contributed by atoms with E-state index in [9.17, 15) is 4.39 Å². The quantitative estimate of drug-likeness (QED) is 0.781. The Morgan fingerprint density at radius 1 is 1.47 bits per heavy atom. The Morgan fingerprint density at radius 3 is 2.87 bits per heavy atom. The second-order valence-electron chi connectivity index (χ2n) is 2.80. The maximum atomic E-state index is 13.1. The molecule has 78 valence electrons. The zero-order valence-electron chi connectivity index (χ0n) is 7.46. The van der Waals surface area contributed by atoms with Gasteiger partial charge < -0.3 is 11.1 Å². The fourth-order valence-electron chi connectivity index (χ4n) is 1.03. The Bertz CT molecular complexity index is 484. The lowest BCUT2D eigenvalue weighted by atomic mass is 10.3. The standard InChI is InChI=1S/C8H7BrFN5/c9-5-2-1-4(3-6(5)10)12-8-13-7(11)14-15-8/h1-3H,(H4,11,12,13,14,15). The highest BCUT2D eigenvalue weighted by atomic mass is 79.9. The highest BCUT2D eigenvalue weighted by Gasteiger charge is 2.03.